The molecule has 2 amide bonds. The van der Waals surface area contributed by atoms with E-state index in [9.17, 15) is 9.59 Å². The molecule has 0 spiro atoms. The maximum Gasteiger partial charge on any atom is 0.345 e. The van der Waals surface area contributed by atoms with Gasteiger partial charge in [0.05, 0.1) is 0 Å². The van der Waals surface area contributed by atoms with Crippen LogP contribution in [0.4, 0.5) is 10.5 Å². The van der Waals surface area contributed by atoms with Gasteiger partial charge in [0.25, 0.3) is 0 Å². The van der Waals surface area contributed by atoms with Gasteiger partial charge < -0.3 is 10.2 Å². The zero-order valence-electron chi connectivity index (χ0n) is 16.7. The van der Waals surface area contributed by atoms with E-state index in [1.165, 1.54) is 17.5 Å². The molecule has 28 heavy (non-hydrogen) atoms. The van der Waals surface area contributed by atoms with Gasteiger partial charge in [0.2, 0.25) is 0 Å². The Kier molecular flexibility index (Phi) is 5.24. The number of anilines is 1. The number of hydrogen-bond acceptors (Lipinski definition) is 3. The molecule has 1 aliphatic carbocycles. The quantitative estimate of drug-likeness (QED) is 0.883. The summed E-state index contributed by atoms with van der Waals surface area (Å²) in [5.41, 5.74) is 1.95. The van der Waals surface area contributed by atoms with Crippen LogP contribution >= 0.6 is 0 Å². The molecule has 7 nitrogen and oxygen atoms in total. The molecule has 150 valence electrons. The minimum absolute atomic E-state index is 0.00141. The Morgan fingerprint density at radius 1 is 1.14 bits per heavy atom. The van der Waals surface area contributed by atoms with Crippen molar-refractivity contribution in [3.05, 3.63) is 46.1 Å². The molecule has 1 aromatic heterocycles. The van der Waals surface area contributed by atoms with Crippen LogP contribution in [0, 0.1) is 6.92 Å². The fourth-order valence-electron chi connectivity index (χ4n) is 4.55. The Labute approximate surface area is 165 Å². The largest absolute Gasteiger partial charge is 0.345 e. The molecular formula is C21H29N5O2. The number of likely N-dealkylation sites (tertiary alicyclic amines) is 1. The third kappa shape index (κ3) is 3.70. The lowest BCUT2D eigenvalue weighted by molar-refractivity contribution is 0.192. The van der Waals surface area contributed by atoms with E-state index >= 15 is 0 Å². The zero-order valence-corrected chi connectivity index (χ0v) is 16.7. The number of amides is 2. The van der Waals surface area contributed by atoms with Gasteiger partial charge in [-0.1, -0.05) is 25.0 Å². The first kappa shape index (κ1) is 18.8. The van der Waals surface area contributed by atoms with Crippen LogP contribution in [0.25, 0.3) is 0 Å². The van der Waals surface area contributed by atoms with Crippen LogP contribution in [0.2, 0.25) is 0 Å². The van der Waals surface area contributed by atoms with Gasteiger partial charge in [-0.05, 0) is 50.3 Å². The van der Waals surface area contributed by atoms with Crippen molar-refractivity contribution in [2.24, 2.45) is 7.05 Å². The van der Waals surface area contributed by atoms with Gasteiger partial charge in [-0.25, -0.2) is 14.3 Å². The predicted octanol–water partition coefficient (Wildman–Crippen LogP) is 3.42. The molecule has 4 rings (SSSR count). The molecule has 2 heterocycles. The lowest BCUT2D eigenvalue weighted by atomic mass is 9.95. The van der Waals surface area contributed by atoms with Crippen LogP contribution in [0.5, 0.6) is 0 Å². The van der Waals surface area contributed by atoms with Crippen molar-refractivity contribution in [1.82, 2.24) is 19.2 Å². The highest BCUT2D eigenvalue weighted by Gasteiger charge is 2.31. The molecule has 1 saturated heterocycles. The van der Waals surface area contributed by atoms with E-state index in [4.69, 9.17) is 0 Å². The molecule has 1 N–H and O–H groups in total. The standard InChI is InChI=1S/C21H29N5O2/c1-15-6-5-7-17(14-15)22-20(27)25-12-10-16(11-13-25)19-23-24(2)21(28)26(19)18-8-3-4-9-18/h5-7,14,16,18H,3-4,8-13H2,1-2H3,(H,22,27). The number of benzene rings is 1. The summed E-state index contributed by atoms with van der Waals surface area (Å²) in [7, 11) is 1.74. The summed E-state index contributed by atoms with van der Waals surface area (Å²) in [5, 5.41) is 7.56. The fraction of sp³-hybridized carbons (Fsp3) is 0.571. The first-order chi connectivity index (χ1) is 13.5. The topological polar surface area (TPSA) is 72.2 Å². The van der Waals surface area contributed by atoms with Crippen LogP contribution < -0.4 is 11.0 Å². The number of aryl methyl sites for hydroxylation is 2. The van der Waals surface area contributed by atoms with Crippen molar-refractivity contribution in [2.75, 3.05) is 18.4 Å². The maximum absolute atomic E-state index is 12.6. The van der Waals surface area contributed by atoms with E-state index in [-0.39, 0.29) is 17.6 Å². The molecule has 2 aromatic rings. The van der Waals surface area contributed by atoms with E-state index < -0.39 is 0 Å². The first-order valence-corrected chi connectivity index (χ1v) is 10.3. The minimum atomic E-state index is -0.0572. The number of piperidine rings is 1. The van der Waals surface area contributed by atoms with Gasteiger partial charge in [-0.2, -0.15) is 5.10 Å². The average molecular weight is 383 g/mol. The number of carbonyl (C=O) groups excluding carboxylic acids is 1. The molecule has 1 aliphatic heterocycles. The van der Waals surface area contributed by atoms with Gasteiger partial charge in [-0.3, -0.25) is 4.57 Å². The highest BCUT2D eigenvalue weighted by Crippen LogP contribution is 2.33. The number of hydrogen-bond donors (Lipinski definition) is 1. The number of nitrogens with one attached hydrogen (secondary N) is 1. The van der Waals surface area contributed by atoms with Crippen molar-refractivity contribution < 1.29 is 4.79 Å². The van der Waals surface area contributed by atoms with E-state index in [0.717, 1.165) is 42.8 Å². The Balaban J connectivity index is 1.42. The van der Waals surface area contributed by atoms with Gasteiger partial charge >= 0.3 is 11.7 Å². The van der Waals surface area contributed by atoms with Gasteiger partial charge in [-0.15, -0.1) is 0 Å². The predicted molar refractivity (Wildman–Crippen MR) is 109 cm³/mol. The van der Waals surface area contributed by atoms with Crippen molar-refractivity contribution in [3.63, 3.8) is 0 Å². The van der Waals surface area contributed by atoms with Gasteiger partial charge in [0.15, 0.2) is 0 Å². The smallest absolute Gasteiger partial charge is 0.324 e. The molecule has 1 saturated carbocycles. The summed E-state index contributed by atoms with van der Waals surface area (Å²) in [6.45, 7) is 3.37. The van der Waals surface area contributed by atoms with Gasteiger partial charge in [0.1, 0.15) is 5.82 Å². The van der Waals surface area contributed by atoms with Crippen LogP contribution in [-0.4, -0.2) is 38.4 Å². The number of nitrogens with zero attached hydrogens (tertiary/aromatic N) is 4. The van der Waals surface area contributed by atoms with E-state index in [1.807, 2.05) is 40.7 Å². The summed E-state index contributed by atoms with van der Waals surface area (Å²) in [4.78, 5) is 27.1. The first-order valence-electron chi connectivity index (χ1n) is 10.3. The van der Waals surface area contributed by atoms with Crippen LogP contribution in [0.15, 0.2) is 29.1 Å². The lowest BCUT2D eigenvalue weighted by Gasteiger charge is -2.32. The molecular weight excluding hydrogens is 354 g/mol. The van der Waals surface area contributed by atoms with Crippen molar-refractivity contribution in [1.29, 1.82) is 0 Å². The number of aromatic nitrogens is 3. The highest BCUT2D eigenvalue weighted by atomic mass is 16.2. The Bertz CT molecular complexity index is 902. The minimum Gasteiger partial charge on any atom is -0.324 e. The summed E-state index contributed by atoms with van der Waals surface area (Å²) in [5.74, 6) is 1.15. The van der Waals surface area contributed by atoms with Crippen LogP contribution in [0.1, 0.15) is 61.9 Å². The van der Waals surface area contributed by atoms with Crippen LogP contribution in [0.3, 0.4) is 0 Å². The molecule has 0 unspecified atom stereocenters. The second kappa shape index (κ2) is 7.81. The molecule has 1 aromatic carbocycles. The number of urea groups is 1. The van der Waals surface area contributed by atoms with Gasteiger partial charge in [0, 0.05) is 37.8 Å². The number of rotatable bonds is 3. The molecule has 0 radical (unpaired) electrons. The Hall–Kier alpha value is -2.57. The Morgan fingerprint density at radius 3 is 2.54 bits per heavy atom. The third-order valence-electron chi connectivity index (χ3n) is 6.09. The van der Waals surface area contributed by atoms with Crippen molar-refractivity contribution in [2.45, 2.75) is 57.4 Å². The van der Waals surface area contributed by atoms with E-state index in [2.05, 4.69) is 10.4 Å². The third-order valence-corrected chi connectivity index (χ3v) is 6.09. The number of carbonyl (C=O) groups is 1. The molecule has 2 fully saturated rings. The second-order valence-corrected chi connectivity index (χ2v) is 8.13. The molecule has 2 aliphatic rings. The van der Waals surface area contributed by atoms with E-state index in [0.29, 0.717) is 19.1 Å². The maximum atomic E-state index is 12.6. The summed E-state index contributed by atoms with van der Waals surface area (Å²) >= 11 is 0. The zero-order chi connectivity index (χ0) is 19.7. The average Bonchev–Trinajstić information content (AvgIpc) is 3.30. The van der Waals surface area contributed by atoms with Crippen molar-refractivity contribution >= 4 is 11.7 Å². The fourth-order valence-corrected chi connectivity index (χ4v) is 4.55. The second-order valence-electron chi connectivity index (χ2n) is 8.13. The monoisotopic (exact) mass is 383 g/mol. The Morgan fingerprint density at radius 2 is 1.86 bits per heavy atom. The molecule has 7 heteroatoms. The normalized spacial score (nSPS) is 18.6. The molecule has 0 atom stereocenters. The van der Waals surface area contributed by atoms with Crippen LogP contribution in [-0.2, 0) is 7.05 Å². The lowest BCUT2D eigenvalue weighted by Crippen LogP contribution is -2.41. The SMILES string of the molecule is Cc1cccc(NC(=O)N2CCC(c3nn(C)c(=O)n3C3CCCC3)CC2)c1. The highest BCUT2D eigenvalue weighted by molar-refractivity contribution is 5.89. The summed E-state index contributed by atoms with van der Waals surface area (Å²) in [6, 6.07) is 8.07. The van der Waals surface area contributed by atoms with Crippen molar-refractivity contribution in [3.8, 4) is 0 Å². The summed E-state index contributed by atoms with van der Waals surface area (Å²) in [6.07, 6.45) is 6.17. The molecule has 0 bridgehead atoms. The van der Waals surface area contributed by atoms with E-state index in [1.54, 1.807) is 7.05 Å². The summed E-state index contributed by atoms with van der Waals surface area (Å²) < 4.78 is 3.42.